The number of rotatable bonds is 3. The van der Waals surface area contributed by atoms with Crippen molar-refractivity contribution in [1.82, 2.24) is 0 Å². The minimum absolute atomic E-state index is 0.0479. The molecular formula is C11H11F3O. The van der Waals surface area contributed by atoms with E-state index in [0.717, 1.165) is 13.2 Å². The van der Waals surface area contributed by atoms with Crippen molar-refractivity contribution in [2.24, 2.45) is 0 Å². The van der Waals surface area contributed by atoms with Gasteiger partial charge < -0.3 is 4.74 Å². The Balaban J connectivity index is 3.43. The number of benzene rings is 1. The maximum absolute atomic E-state index is 13.6. The van der Waals surface area contributed by atoms with Crippen LogP contribution in [-0.4, -0.2) is 7.11 Å². The van der Waals surface area contributed by atoms with Crippen molar-refractivity contribution in [3.8, 4) is 5.75 Å². The van der Waals surface area contributed by atoms with Gasteiger partial charge in [0.05, 0.1) is 7.11 Å². The zero-order valence-corrected chi connectivity index (χ0v) is 8.53. The zero-order chi connectivity index (χ0) is 11.6. The third-order valence-corrected chi connectivity index (χ3v) is 2.13. The van der Waals surface area contributed by atoms with E-state index in [1.165, 1.54) is 0 Å². The van der Waals surface area contributed by atoms with Crippen molar-refractivity contribution in [2.75, 3.05) is 7.11 Å². The standard InChI is InChI=1S/C11H11F3O/c1-4-6(2)7-5-8(12)10(14)11(15-3)9(7)13/h5H,2,4H2,1,3H3. The summed E-state index contributed by atoms with van der Waals surface area (Å²) in [6, 6.07) is 0.791. The molecule has 1 nitrogen and oxygen atoms in total. The highest BCUT2D eigenvalue weighted by Crippen LogP contribution is 2.31. The van der Waals surface area contributed by atoms with E-state index in [4.69, 9.17) is 0 Å². The van der Waals surface area contributed by atoms with Gasteiger partial charge in [0.1, 0.15) is 0 Å². The SMILES string of the molecule is C=C(CC)c1cc(F)c(F)c(OC)c1F. The number of hydrogen-bond acceptors (Lipinski definition) is 1. The molecule has 0 heterocycles. The first-order valence-corrected chi connectivity index (χ1v) is 4.42. The maximum atomic E-state index is 13.6. The summed E-state index contributed by atoms with van der Waals surface area (Å²) < 4.78 is 44.1. The van der Waals surface area contributed by atoms with E-state index >= 15 is 0 Å². The lowest BCUT2D eigenvalue weighted by atomic mass is 10.0. The topological polar surface area (TPSA) is 9.23 Å². The number of allylic oxidation sites excluding steroid dienone is 1. The summed E-state index contributed by atoms with van der Waals surface area (Å²) in [5, 5.41) is 0. The van der Waals surface area contributed by atoms with E-state index in [1.807, 2.05) is 0 Å². The lowest BCUT2D eigenvalue weighted by Gasteiger charge is -2.10. The van der Waals surface area contributed by atoms with Crippen molar-refractivity contribution in [3.63, 3.8) is 0 Å². The Morgan fingerprint density at radius 3 is 2.40 bits per heavy atom. The van der Waals surface area contributed by atoms with Gasteiger partial charge in [0, 0.05) is 5.56 Å². The van der Waals surface area contributed by atoms with Gasteiger partial charge in [0.2, 0.25) is 5.82 Å². The molecule has 0 aromatic heterocycles. The molecule has 1 rings (SSSR count). The van der Waals surface area contributed by atoms with Crippen molar-refractivity contribution in [1.29, 1.82) is 0 Å². The molecule has 82 valence electrons. The smallest absolute Gasteiger partial charge is 0.203 e. The fourth-order valence-corrected chi connectivity index (χ4v) is 1.21. The summed E-state index contributed by atoms with van der Waals surface area (Å²) in [5.41, 5.74) is 0.345. The molecule has 0 atom stereocenters. The van der Waals surface area contributed by atoms with E-state index in [1.54, 1.807) is 6.92 Å². The molecule has 0 amide bonds. The molecule has 0 aliphatic heterocycles. The largest absolute Gasteiger partial charge is 0.491 e. The molecule has 15 heavy (non-hydrogen) atoms. The number of halogens is 3. The molecule has 1 aromatic rings. The first-order chi connectivity index (χ1) is 7.02. The average molecular weight is 216 g/mol. The van der Waals surface area contributed by atoms with Crippen LogP contribution in [0.1, 0.15) is 18.9 Å². The normalized spacial score (nSPS) is 10.2. The fraction of sp³-hybridized carbons (Fsp3) is 0.273. The number of ether oxygens (including phenoxy) is 1. The van der Waals surface area contributed by atoms with Crippen LogP contribution in [-0.2, 0) is 0 Å². The molecule has 0 N–H and O–H groups in total. The molecule has 0 fully saturated rings. The molecule has 0 unspecified atom stereocenters. The van der Waals surface area contributed by atoms with Crippen molar-refractivity contribution >= 4 is 5.57 Å². The zero-order valence-electron chi connectivity index (χ0n) is 8.53. The van der Waals surface area contributed by atoms with E-state index in [2.05, 4.69) is 11.3 Å². The van der Waals surface area contributed by atoms with E-state index < -0.39 is 23.2 Å². The highest BCUT2D eigenvalue weighted by molar-refractivity contribution is 5.65. The van der Waals surface area contributed by atoms with Gasteiger partial charge in [-0.25, -0.2) is 8.78 Å². The maximum Gasteiger partial charge on any atom is 0.203 e. The minimum atomic E-state index is -1.32. The third-order valence-electron chi connectivity index (χ3n) is 2.13. The lowest BCUT2D eigenvalue weighted by Crippen LogP contribution is -2.00. The van der Waals surface area contributed by atoms with Gasteiger partial charge in [-0.1, -0.05) is 13.5 Å². The highest BCUT2D eigenvalue weighted by atomic mass is 19.2. The van der Waals surface area contributed by atoms with Crippen LogP contribution in [0.2, 0.25) is 0 Å². The first kappa shape index (κ1) is 11.6. The molecule has 0 aliphatic carbocycles. The molecule has 0 saturated heterocycles. The Hall–Kier alpha value is -1.45. The second kappa shape index (κ2) is 4.38. The van der Waals surface area contributed by atoms with Crippen LogP contribution in [0.15, 0.2) is 12.6 Å². The summed E-state index contributed by atoms with van der Waals surface area (Å²) in [7, 11) is 1.08. The molecule has 0 bridgehead atoms. The third kappa shape index (κ3) is 1.98. The highest BCUT2D eigenvalue weighted by Gasteiger charge is 2.20. The Morgan fingerprint density at radius 2 is 1.93 bits per heavy atom. The molecule has 0 aliphatic rings. The van der Waals surface area contributed by atoms with Gasteiger partial charge in [-0.3, -0.25) is 0 Å². The predicted octanol–water partition coefficient (Wildman–Crippen LogP) is 3.54. The summed E-state index contributed by atoms with van der Waals surface area (Å²) in [5.74, 6) is -4.08. The Bertz CT molecular complexity index is 399. The van der Waals surface area contributed by atoms with Crippen LogP contribution in [0.4, 0.5) is 13.2 Å². The van der Waals surface area contributed by atoms with Crippen molar-refractivity contribution < 1.29 is 17.9 Å². The van der Waals surface area contributed by atoms with Crippen LogP contribution >= 0.6 is 0 Å². The number of methoxy groups -OCH3 is 1. The van der Waals surface area contributed by atoms with Crippen LogP contribution in [0.3, 0.4) is 0 Å². The van der Waals surface area contributed by atoms with Gasteiger partial charge in [-0.05, 0) is 18.1 Å². The second-order valence-electron chi connectivity index (χ2n) is 3.02. The average Bonchev–Trinajstić information content (AvgIpc) is 2.23. The van der Waals surface area contributed by atoms with Gasteiger partial charge in [0.25, 0.3) is 0 Å². The molecule has 4 heteroatoms. The van der Waals surface area contributed by atoms with Crippen LogP contribution < -0.4 is 4.74 Å². The number of hydrogen-bond donors (Lipinski definition) is 0. The van der Waals surface area contributed by atoms with Gasteiger partial charge in [0.15, 0.2) is 17.4 Å². The van der Waals surface area contributed by atoms with Crippen molar-refractivity contribution in [2.45, 2.75) is 13.3 Å². The molecule has 0 spiro atoms. The summed E-state index contributed by atoms with van der Waals surface area (Å²) in [6.45, 7) is 5.31. The first-order valence-electron chi connectivity index (χ1n) is 4.42. The van der Waals surface area contributed by atoms with E-state index in [0.29, 0.717) is 12.0 Å². The minimum Gasteiger partial charge on any atom is -0.491 e. The summed E-state index contributed by atoms with van der Waals surface area (Å²) in [6.07, 6.45) is 0.450. The predicted molar refractivity (Wildman–Crippen MR) is 52.2 cm³/mol. The van der Waals surface area contributed by atoms with Crippen molar-refractivity contribution in [3.05, 3.63) is 35.7 Å². The van der Waals surface area contributed by atoms with Gasteiger partial charge in [-0.2, -0.15) is 4.39 Å². The van der Waals surface area contributed by atoms with Gasteiger partial charge >= 0.3 is 0 Å². The lowest BCUT2D eigenvalue weighted by molar-refractivity contribution is 0.346. The quantitative estimate of drug-likeness (QED) is 0.702. The fourth-order valence-electron chi connectivity index (χ4n) is 1.21. The van der Waals surface area contributed by atoms with Crippen LogP contribution in [0.25, 0.3) is 5.57 Å². The molecule has 0 saturated carbocycles. The van der Waals surface area contributed by atoms with Gasteiger partial charge in [-0.15, -0.1) is 0 Å². The Labute approximate surface area is 86.2 Å². The summed E-state index contributed by atoms with van der Waals surface area (Å²) in [4.78, 5) is 0. The Morgan fingerprint density at radius 1 is 1.33 bits per heavy atom. The van der Waals surface area contributed by atoms with E-state index in [-0.39, 0.29) is 5.56 Å². The van der Waals surface area contributed by atoms with Crippen LogP contribution in [0.5, 0.6) is 5.75 Å². The monoisotopic (exact) mass is 216 g/mol. The molecule has 0 radical (unpaired) electrons. The van der Waals surface area contributed by atoms with Crippen LogP contribution in [0, 0.1) is 17.5 Å². The second-order valence-corrected chi connectivity index (χ2v) is 3.02. The molecular weight excluding hydrogens is 205 g/mol. The summed E-state index contributed by atoms with van der Waals surface area (Å²) >= 11 is 0. The van der Waals surface area contributed by atoms with E-state index in [9.17, 15) is 13.2 Å². The Kier molecular flexibility index (Phi) is 3.39. The molecule has 1 aromatic carbocycles.